The molecule has 1 fully saturated rings. The number of hydrogen-bond acceptors (Lipinski definition) is 5. The Hall–Kier alpha value is -2.42. The SMILES string of the molecule is CS(=O)(=O)Nc1cccc(C(=O)NCc2cccc(CN3CCOCC3)c2)c1. The molecule has 0 bridgehead atoms. The summed E-state index contributed by atoms with van der Waals surface area (Å²) in [7, 11) is -3.39. The lowest BCUT2D eigenvalue weighted by atomic mass is 10.1. The maximum absolute atomic E-state index is 12.4. The smallest absolute Gasteiger partial charge is 0.251 e. The van der Waals surface area contributed by atoms with Gasteiger partial charge in [0.05, 0.1) is 19.5 Å². The summed E-state index contributed by atoms with van der Waals surface area (Å²) in [4.78, 5) is 14.8. The van der Waals surface area contributed by atoms with Crippen LogP contribution in [0.25, 0.3) is 0 Å². The molecule has 0 aliphatic carbocycles. The summed E-state index contributed by atoms with van der Waals surface area (Å²) < 4.78 is 30.4. The van der Waals surface area contributed by atoms with E-state index in [0.29, 0.717) is 17.8 Å². The second-order valence-electron chi connectivity index (χ2n) is 6.85. The summed E-state index contributed by atoms with van der Waals surface area (Å²) >= 11 is 0. The van der Waals surface area contributed by atoms with Gasteiger partial charge in [-0.25, -0.2) is 8.42 Å². The monoisotopic (exact) mass is 403 g/mol. The molecule has 0 saturated carbocycles. The minimum Gasteiger partial charge on any atom is -0.379 e. The van der Waals surface area contributed by atoms with Crippen LogP contribution in [0.15, 0.2) is 48.5 Å². The first-order chi connectivity index (χ1) is 13.4. The van der Waals surface area contributed by atoms with Gasteiger partial charge in [0.25, 0.3) is 5.91 Å². The summed E-state index contributed by atoms with van der Waals surface area (Å²) in [6.45, 7) is 4.66. The molecule has 0 radical (unpaired) electrons. The number of hydrogen-bond donors (Lipinski definition) is 2. The van der Waals surface area contributed by atoms with Crippen molar-refractivity contribution in [2.75, 3.05) is 37.3 Å². The van der Waals surface area contributed by atoms with Gasteiger partial charge in [0.1, 0.15) is 0 Å². The van der Waals surface area contributed by atoms with E-state index < -0.39 is 10.0 Å². The molecule has 2 aromatic rings. The fourth-order valence-electron chi connectivity index (χ4n) is 3.08. The highest BCUT2D eigenvalue weighted by atomic mass is 32.2. The van der Waals surface area contributed by atoms with Gasteiger partial charge in [-0.15, -0.1) is 0 Å². The highest BCUT2D eigenvalue weighted by molar-refractivity contribution is 7.92. The Bertz CT molecular complexity index is 925. The molecule has 3 rings (SSSR count). The molecular weight excluding hydrogens is 378 g/mol. The van der Waals surface area contributed by atoms with Crippen LogP contribution in [0.4, 0.5) is 5.69 Å². The minimum absolute atomic E-state index is 0.254. The van der Waals surface area contributed by atoms with E-state index in [1.165, 1.54) is 11.6 Å². The van der Waals surface area contributed by atoms with E-state index in [1.807, 2.05) is 12.1 Å². The molecule has 0 atom stereocenters. The average molecular weight is 404 g/mol. The van der Waals surface area contributed by atoms with Gasteiger partial charge in [-0.1, -0.05) is 30.3 Å². The van der Waals surface area contributed by atoms with Crippen molar-refractivity contribution in [1.29, 1.82) is 0 Å². The van der Waals surface area contributed by atoms with Crippen molar-refractivity contribution >= 4 is 21.6 Å². The highest BCUT2D eigenvalue weighted by Gasteiger charge is 2.11. The van der Waals surface area contributed by atoms with Crippen LogP contribution < -0.4 is 10.0 Å². The number of ether oxygens (including phenoxy) is 1. The third-order valence-corrected chi connectivity index (χ3v) is 4.99. The van der Waals surface area contributed by atoms with Crippen LogP contribution in [0.5, 0.6) is 0 Å². The third kappa shape index (κ3) is 6.33. The van der Waals surface area contributed by atoms with Crippen molar-refractivity contribution in [3.63, 3.8) is 0 Å². The van der Waals surface area contributed by atoms with E-state index in [-0.39, 0.29) is 5.91 Å². The molecule has 1 aliphatic rings. The van der Waals surface area contributed by atoms with Crippen molar-refractivity contribution in [2.24, 2.45) is 0 Å². The van der Waals surface area contributed by atoms with Crippen LogP contribution in [-0.2, 0) is 27.8 Å². The number of nitrogens with one attached hydrogen (secondary N) is 2. The number of rotatable bonds is 7. The van der Waals surface area contributed by atoms with Crippen LogP contribution in [0, 0.1) is 0 Å². The quantitative estimate of drug-likeness (QED) is 0.736. The summed E-state index contributed by atoms with van der Waals surface area (Å²) in [6, 6.07) is 14.6. The average Bonchev–Trinajstić information content (AvgIpc) is 2.66. The predicted molar refractivity (Wildman–Crippen MR) is 109 cm³/mol. The molecule has 2 aromatic carbocycles. The molecule has 7 nitrogen and oxygen atoms in total. The normalized spacial score (nSPS) is 15.2. The van der Waals surface area contributed by atoms with Gasteiger partial charge in [0.15, 0.2) is 0 Å². The van der Waals surface area contributed by atoms with Gasteiger partial charge in [-0.2, -0.15) is 0 Å². The van der Waals surface area contributed by atoms with Crippen LogP contribution in [0.3, 0.4) is 0 Å². The molecule has 1 heterocycles. The minimum atomic E-state index is -3.39. The van der Waals surface area contributed by atoms with Gasteiger partial charge >= 0.3 is 0 Å². The molecule has 1 aliphatic heterocycles. The molecule has 0 spiro atoms. The number of morpholine rings is 1. The van der Waals surface area contributed by atoms with Crippen molar-refractivity contribution in [3.05, 3.63) is 65.2 Å². The van der Waals surface area contributed by atoms with Gasteiger partial charge in [0, 0.05) is 37.4 Å². The van der Waals surface area contributed by atoms with E-state index in [9.17, 15) is 13.2 Å². The first kappa shape index (κ1) is 20.3. The molecule has 0 unspecified atom stereocenters. The molecule has 28 heavy (non-hydrogen) atoms. The first-order valence-electron chi connectivity index (χ1n) is 9.13. The van der Waals surface area contributed by atoms with E-state index in [1.54, 1.807) is 18.2 Å². The van der Waals surface area contributed by atoms with E-state index in [2.05, 4.69) is 27.1 Å². The summed E-state index contributed by atoms with van der Waals surface area (Å²) in [5.41, 5.74) is 2.98. The highest BCUT2D eigenvalue weighted by Crippen LogP contribution is 2.13. The Labute approximate surface area is 165 Å². The zero-order chi connectivity index (χ0) is 20.0. The van der Waals surface area contributed by atoms with Gasteiger partial charge in [-0.3, -0.25) is 14.4 Å². The first-order valence-corrected chi connectivity index (χ1v) is 11.0. The summed E-state index contributed by atoms with van der Waals surface area (Å²) in [5.74, 6) is -0.254. The molecule has 8 heteroatoms. The largest absolute Gasteiger partial charge is 0.379 e. The number of carbonyl (C=O) groups excluding carboxylic acids is 1. The lowest BCUT2D eigenvalue weighted by Gasteiger charge is -2.26. The zero-order valence-electron chi connectivity index (χ0n) is 15.8. The molecular formula is C20H25N3O4S. The Morgan fingerprint density at radius 3 is 2.54 bits per heavy atom. The zero-order valence-corrected chi connectivity index (χ0v) is 16.7. The molecule has 150 valence electrons. The van der Waals surface area contributed by atoms with E-state index >= 15 is 0 Å². The summed E-state index contributed by atoms with van der Waals surface area (Å²) in [6.07, 6.45) is 1.07. The number of amides is 1. The van der Waals surface area contributed by atoms with Crippen molar-refractivity contribution < 1.29 is 17.9 Å². The molecule has 0 aromatic heterocycles. The van der Waals surface area contributed by atoms with E-state index in [4.69, 9.17) is 4.74 Å². The Kier molecular flexibility index (Phi) is 6.66. The third-order valence-electron chi connectivity index (χ3n) is 4.38. The van der Waals surface area contributed by atoms with E-state index in [0.717, 1.165) is 44.7 Å². The van der Waals surface area contributed by atoms with Gasteiger partial charge in [0.2, 0.25) is 10.0 Å². The van der Waals surface area contributed by atoms with Gasteiger partial charge < -0.3 is 10.1 Å². The topological polar surface area (TPSA) is 87.7 Å². The Balaban J connectivity index is 1.58. The Morgan fingerprint density at radius 1 is 1.07 bits per heavy atom. The lowest BCUT2D eigenvalue weighted by Crippen LogP contribution is -2.35. The number of anilines is 1. The van der Waals surface area contributed by atoms with Crippen LogP contribution >= 0.6 is 0 Å². The van der Waals surface area contributed by atoms with Gasteiger partial charge in [-0.05, 0) is 29.3 Å². The van der Waals surface area contributed by atoms with Crippen molar-refractivity contribution in [2.45, 2.75) is 13.1 Å². The van der Waals surface area contributed by atoms with Crippen LogP contribution in [0.1, 0.15) is 21.5 Å². The number of carbonyl (C=O) groups is 1. The molecule has 1 saturated heterocycles. The number of sulfonamides is 1. The lowest BCUT2D eigenvalue weighted by molar-refractivity contribution is 0.0342. The van der Waals surface area contributed by atoms with Crippen molar-refractivity contribution in [1.82, 2.24) is 10.2 Å². The maximum atomic E-state index is 12.4. The fourth-order valence-corrected chi connectivity index (χ4v) is 3.63. The predicted octanol–water partition coefficient (Wildman–Crippen LogP) is 1.82. The fraction of sp³-hybridized carbons (Fsp3) is 0.350. The summed E-state index contributed by atoms with van der Waals surface area (Å²) in [5, 5.41) is 2.89. The number of nitrogens with zero attached hydrogens (tertiary/aromatic N) is 1. The van der Waals surface area contributed by atoms with Crippen molar-refractivity contribution in [3.8, 4) is 0 Å². The Morgan fingerprint density at radius 2 is 1.79 bits per heavy atom. The molecule has 2 N–H and O–H groups in total. The second kappa shape index (κ2) is 9.18. The number of benzene rings is 2. The molecule has 1 amide bonds. The maximum Gasteiger partial charge on any atom is 0.251 e. The second-order valence-corrected chi connectivity index (χ2v) is 8.59. The van der Waals surface area contributed by atoms with Crippen LogP contribution in [0.2, 0.25) is 0 Å². The standard InChI is InChI=1S/C20H25N3O4S/c1-28(25,26)22-19-7-3-6-18(13-19)20(24)21-14-16-4-2-5-17(12-16)15-23-8-10-27-11-9-23/h2-7,12-13,22H,8-11,14-15H2,1H3,(H,21,24). The van der Waals surface area contributed by atoms with Crippen LogP contribution in [-0.4, -0.2) is 51.8 Å².